The molecule has 0 bridgehead atoms. The summed E-state index contributed by atoms with van der Waals surface area (Å²) in [5.74, 6) is -4.18. The summed E-state index contributed by atoms with van der Waals surface area (Å²) in [7, 11) is 0. The summed E-state index contributed by atoms with van der Waals surface area (Å²) in [6.07, 6.45) is -0.488. The summed E-state index contributed by atoms with van der Waals surface area (Å²) < 4.78 is 15.9. The first kappa shape index (κ1) is 21.7. The maximum absolute atomic E-state index is 12.4. The number of ether oxygens (including phenoxy) is 3. The van der Waals surface area contributed by atoms with Gasteiger partial charge in [0.1, 0.15) is 0 Å². The molecule has 0 unspecified atom stereocenters. The van der Waals surface area contributed by atoms with Gasteiger partial charge in [-0.15, -0.1) is 0 Å². The molecule has 0 N–H and O–H groups in total. The molecular weight excluding hydrogens is 300 g/mol. The lowest BCUT2D eigenvalue weighted by Crippen LogP contribution is -2.41. The Kier molecular flexibility index (Phi) is 9.24. The van der Waals surface area contributed by atoms with Gasteiger partial charge in [-0.3, -0.25) is 14.4 Å². The van der Waals surface area contributed by atoms with Crippen molar-refractivity contribution in [1.82, 2.24) is 0 Å². The Balaban J connectivity index is 5.25. The third-order valence-corrected chi connectivity index (χ3v) is 2.92. The van der Waals surface area contributed by atoms with Crippen molar-refractivity contribution in [2.75, 3.05) is 0 Å². The van der Waals surface area contributed by atoms with Crippen LogP contribution in [0.4, 0.5) is 0 Å². The first-order valence-electron chi connectivity index (χ1n) is 8.06. The van der Waals surface area contributed by atoms with E-state index in [1.54, 1.807) is 55.4 Å². The van der Waals surface area contributed by atoms with Crippen molar-refractivity contribution in [3.05, 3.63) is 0 Å². The fourth-order valence-corrected chi connectivity index (χ4v) is 1.73. The molecule has 0 radical (unpaired) electrons. The number of carbonyl (C=O) groups excluding carboxylic acids is 3. The van der Waals surface area contributed by atoms with Crippen LogP contribution in [0.3, 0.4) is 0 Å². The topological polar surface area (TPSA) is 78.9 Å². The quantitative estimate of drug-likeness (QED) is 0.348. The molecular formula is C17H30O6. The Hall–Kier alpha value is -1.27. The number of esters is 1. The van der Waals surface area contributed by atoms with E-state index in [1.165, 1.54) is 0 Å². The van der Waals surface area contributed by atoms with Crippen molar-refractivity contribution in [3.63, 3.8) is 0 Å². The molecule has 0 heterocycles. The largest absolute Gasteiger partial charge is 0.409 e. The maximum Gasteiger partial charge on any atom is 0.328 e. The van der Waals surface area contributed by atoms with E-state index in [2.05, 4.69) is 0 Å². The van der Waals surface area contributed by atoms with Crippen LogP contribution in [0.1, 0.15) is 55.4 Å². The van der Waals surface area contributed by atoms with Gasteiger partial charge in [-0.25, -0.2) is 0 Å². The van der Waals surface area contributed by atoms with Gasteiger partial charge in [-0.05, 0) is 27.7 Å². The predicted octanol–water partition coefficient (Wildman–Crippen LogP) is 2.73. The van der Waals surface area contributed by atoms with E-state index in [9.17, 15) is 14.4 Å². The van der Waals surface area contributed by atoms with Crippen LogP contribution in [0.2, 0.25) is 0 Å². The lowest BCUT2D eigenvalue weighted by atomic mass is 9.87. The van der Waals surface area contributed by atoms with E-state index < -0.39 is 41.8 Å². The molecule has 0 aromatic rings. The van der Waals surface area contributed by atoms with E-state index in [0.717, 1.165) is 0 Å². The van der Waals surface area contributed by atoms with E-state index in [0.29, 0.717) is 0 Å². The van der Waals surface area contributed by atoms with Crippen LogP contribution in [0, 0.1) is 17.8 Å². The van der Waals surface area contributed by atoms with Crippen molar-refractivity contribution in [2.24, 2.45) is 17.8 Å². The van der Waals surface area contributed by atoms with Crippen molar-refractivity contribution in [2.45, 2.75) is 74.1 Å². The zero-order valence-electron chi connectivity index (χ0n) is 15.4. The Morgan fingerprint density at radius 2 is 1.00 bits per heavy atom. The molecule has 0 aromatic heterocycles. The minimum atomic E-state index is -1.44. The van der Waals surface area contributed by atoms with Gasteiger partial charge in [0.15, 0.2) is 17.5 Å². The highest BCUT2D eigenvalue weighted by molar-refractivity contribution is 6.18. The van der Waals surface area contributed by atoms with Gasteiger partial charge in [0.2, 0.25) is 0 Å². The molecule has 0 aromatic carbocycles. The fraction of sp³-hybridized carbons (Fsp3) is 0.824. The van der Waals surface area contributed by atoms with E-state index in [1.807, 2.05) is 0 Å². The summed E-state index contributed by atoms with van der Waals surface area (Å²) in [5.41, 5.74) is 0. The molecule has 0 amide bonds. The average Bonchev–Trinajstić information content (AvgIpc) is 2.36. The second-order valence-corrected chi connectivity index (χ2v) is 6.64. The summed E-state index contributed by atoms with van der Waals surface area (Å²) >= 11 is 0. The zero-order chi connectivity index (χ0) is 18.3. The number of carbonyl (C=O) groups is 3. The van der Waals surface area contributed by atoms with Crippen LogP contribution in [0.5, 0.6) is 0 Å². The molecule has 0 spiro atoms. The molecule has 0 atom stereocenters. The number of ketones is 2. The molecule has 0 aliphatic heterocycles. The third-order valence-electron chi connectivity index (χ3n) is 2.92. The molecule has 134 valence electrons. The minimum absolute atomic E-state index is 0.244. The lowest BCUT2D eigenvalue weighted by molar-refractivity contribution is -0.298. The van der Waals surface area contributed by atoms with E-state index in [-0.39, 0.29) is 12.2 Å². The highest BCUT2D eigenvalue weighted by Gasteiger charge is 2.39. The van der Waals surface area contributed by atoms with Gasteiger partial charge in [0.25, 0.3) is 0 Å². The molecule has 23 heavy (non-hydrogen) atoms. The van der Waals surface area contributed by atoms with Crippen LogP contribution in [0.15, 0.2) is 0 Å². The molecule has 0 rings (SSSR count). The third kappa shape index (κ3) is 7.70. The van der Waals surface area contributed by atoms with Gasteiger partial charge in [0.05, 0.1) is 12.2 Å². The minimum Gasteiger partial charge on any atom is -0.409 e. The van der Waals surface area contributed by atoms with Crippen LogP contribution in [0.25, 0.3) is 0 Å². The number of hydrogen-bond donors (Lipinski definition) is 0. The molecule has 0 aliphatic rings. The molecule has 6 nitrogen and oxygen atoms in total. The zero-order valence-corrected chi connectivity index (χ0v) is 15.4. The normalized spacial score (nSPS) is 12.1. The summed E-state index contributed by atoms with van der Waals surface area (Å²) in [5, 5.41) is 0. The first-order chi connectivity index (χ1) is 10.5. The Morgan fingerprint density at radius 3 is 1.26 bits per heavy atom. The van der Waals surface area contributed by atoms with Gasteiger partial charge in [-0.2, -0.15) is 0 Å². The smallest absolute Gasteiger partial charge is 0.328 e. The monoisotopic (exact) mass is 330 g/mol. The first-order valence-corrected chi connectivity index (χ1v) is 8.06. The highest BCUT2D eigenvalue weighted by Crippen LogP contribution is 2.17. The number of hydrogen-bond acceptors (Lipinski definition) is 6. The standard InChI is InChI=1S/C17H30O6/c1-9(2)14(18)13(15(19)10(3)4)16(20)23-17(21-11(5)6)22-12(7)8/h9-13,17H,1-8H3. The number of Topliss-reactive ketones (excluding diaryl/α,β-unsaturated/α-hetero) is 2. The van der Waals surface area contributed by atoms with Crippen LogP contribution in [-0.2, 0) is 28.6 Å². The Bertz CT molecular complexity index is 381. The van der Waals surface area contributed by atoms with E-state index in [4.69, 9.17) is 14.2 Å². The number of rotatable bonds is 10. The van der Waals surface area contributed by atoms with Gasteiger partial charge in [0, 0.05) is 11.8 Å². The molecule has 0 saturated carbocycles. The second kappa shape index (κ2) is 9.78. The molecule has 0 aliphatic carbocycles. The highest BCUT2D eigenvalue weighted by atomic mass is 16.9. The summed E-state index contributed by atoms with van der Waals surface area (Å²) in [6, 6.07) is 0. The van der Waals surface area contributed by atoms with Crippen LogP contribution >= 0.6 is 0 Å². The molecule has 0 saturated heterocycles. The van der Waals surface area contributed by atoms with Crippen molar-refractivity contribution in [3.8, 4) is 0 Å². The average molecular weight is 330 g/mol. The second-order valence-electron chi connectivity index (χ2n) is 6.64. The van der Waals surface area contributed by atoms with Crippen molar-refractivity contribution in [1.29, 1.82) is 0 Å². The Labute approximate surface area is 138 Å². The maximum atomic E-state index is 12.4. The predicted molar refractivity (Wildman–Crippen MR) is 85.5 cm³/mol. The van der Waals surface area contributed by atoms with Gasteiger partial charge < -0.3 is 14.2 Å². The Morgan fingerprint density at radius 1 is 0.652 bits per heavy atom. The van der Waals surface area contributed by atoms with Crippen molar-refractivity contribution < 1.29 is 28.6 Å². The molecule has 6 heteroatoms. The summed E-state index contributed by atoms with van der Waals surface area (Å²) in [4.78, 5) is 36.9. The fourth-order valence-electron chi connectivity index (χ4n) is 1.73. The van der Waals surface area contributed by atoms with Crippen LogP contribution in [-0.4, -0.2) is 36.2 Å². The van der Waals surface area contributed by atoms with E-state index >= 15 is 0 Å². The van der Waals surface area contributed by atoms with Crippen LogP contribution < -0.4 is 0 Å². The summed E-state index contributed by atoms with van der Waals surface area (Å²) in [6.45, 7) is 12.4. The van der Waals surface area contributed by atoms with Gasteiger partial charge in [-0.1, -0.05) is 27.7 Å². The lowest BCUT2D eigenvalue weighted by Gasteiger charge is -2.25. The molecule has 0 fully saturated rings. The van der Waals surface area contributed by atoms with Gasteiger partial charge >= 0.3 is 12.4 Å². The van der Waals surface area contributed by atoms with Crippen molar-refractivity contribution >= 4 is 17.5 Å². The SMILES string of the molecule is CC(C)OC(OC(=O)C(C(=O)C(C)C)C(=O)C(C)C)OC(C)C.